The predicted molar refractivity (Wildman–Crippen MR) is 119 cm³/mol. The van der Waals surface area contributed by atoms with Gasteiger partial charge < -0.3 is 31.2 Å². The Balaban J connectivity index is 1.57. The van der Waals surface area contributed by atoms with E-state index in [2.05, 4.69) is 10.7 Å². The summed E-state index contributed by atoms with van der Waals surface area (Å²) in [5, 5.41) is 34.6. The van der Waals surface area contributed by atoms with Crippen molar-refractivity contribution >= 4 is 23.7 Å². The van der Waals surface area contributed by atoms with Crippen LogP contribution in [0.3, 0.4) is 0 Å². The number of carbonyl (C=O) groups excluding carboxylic acids is 2. The first-order valence-electron chi connectivity index (χ1n) is 10.6. The Morgan fingerprint density at radius 3 is 2.56 bits per heavy atom. The molecule has 2 aliphatic heterocycles. The molecule has 2 amide bonds. The summed E-state index contributed by atoms with van der Waals surface area (Å²) >= 11 is 0. The van der Waals surface area contributed by atoms with E-state index in [0.29, 0.717) is 18.5 Å². The van der Waals surface area contributed by atoms with Crippen LogP contribution in [0.4, 0.5) is 5.69 Å². The molecule has 172 valence electrons. The highest BCUT2D eigenvalue weighted by molar-refractivity contribution is 5.91. The molecule has 1 aromatic carbocycles. The van der Waals surface area contributed by atoms with Gasteiger partial charge >= 0.3 is 0 Å². The van der Waals surface area contributed by atoms with E-state index in [-0.39, 0.29) is 6.54 Å². The van der Waals surface area contributed by atoms with E-state index in [9.17, 15) is 19.8 Å². The number of nitrogens with one attached hydrogen (secondary N) is 3. The Bertz CT molecular complexity index is 914. The monoisotopic (exact) mass is 443 g/mol. The fourth-order valence-electron chi connectivity index (χ4n) is 3.77. The lowest BCUT2D eigenvalue weighted by Crippen LogP contribution is -2.79. The van der Waals surface area contributed by atoms with Gasteiger partial charge in [0, 0.05) is 37.5 Å². The van der Waals surface area contributed by atoms with E-state index in [1.165, 1.54) is 11.1 Å². The Hall–Kier alpha value is -3.05. The Morgan fingerprint density at radius 1 is 1.25 bits per heavy atom. The van der Waals surface area contributed by atoms with Gasteiger partial charge in [0.1, 0.15) is 5.70 Å². The summed E-state index contributed by atoms with van der Waals surface area (Å²) in [6.45, 7) is 3.04. The molecule has 3 atom stereocenters. The molecular weight excluding hydrogens is 412 g/mol. The Morgan fingerprint density at radius 2 is 1.97 bits per heavy atom. The molecular formula is C22H31N6O4+. The molecule has 0 saturated heterocycles. The third-order valence-electron chi connectivity index (χ3n) is 5.74. The minimum absolute atomic E-state index is 0.164. The highest BCUT2D eigenvalue weighted by atomic mass is 16.3. The number of anilines is 1. The van der Waals surface area contributed by atoms with Gasteiger partial charge in [-0.15, -0.1) is 0 Å². The number of hydrazine groups is 1. The molecule has 0 bridgehead atoms. The molecule has 10 nitrogen and oxygen atoms in total. The second kappa shape index (κ2) is 10.5. The van der Waals surface area contributed by atoms with E-state index < -0.39 is 30.1 Å². The van der Waals surface area contributed by atoms with E-state index in [0.717, 1.165) is 23.5 Å². The van der Waals surface area contributed by atoms with E-state index in [4.69, 9.17) is 5.41 Å². The number of carbonyl (C=O) groups is 2. The number of benzene rings is 1. The predicted octanol–water partition coefficient (Wildman–Crippen LogP) is -1.25. The van der Waals surface area contributed by atoms with Gasteiger partial charge in [-0.2, -0.15) is 0 Å². The lowest BCUT2D eigenvalue weighted by atomic mass is 10.0. The van der Waals surface area contributed by atoms with Crippen LogP contribution in [0, 0.1) is 5.41 Å². The van der Waals surface area contributed by atoms with Gasteiger partial charge in [0.25, 0.3) is 11.8 Å². The summed E-state index contributed by atoms with van der Waals surface area (Å²) in [6.07, 6.45) is 1.90. The molecule has 0 fully saturated rings. The van der Waals surface area contributed by atoms with Gasteiger partial charge in [0.15, 0.2) is 12.2 Å². The minimum Gasteiger partial charge on any atom is -0.380 e. The molecule has 10 heteroatoms. The van der Waals surface area contributed by atoms with Crippen molar-refractivity contribution in [2.75, 3.05) is 31.7 Å². The van der Waals surface area contributed by atoms with Crippen LogP contribution in [0.5, 0.6) is 0 Å². The number of rotatable bonds is 8. The van der Waals surface area contributed by atoms with Crippen molar-refractivity contribution in [3.63, 3.8) is 0 Å². The number of quaternary nitrogens is 1. The van der Waals surface area contributed by atoms with Crippen LogP contribution in [-0.2, 0) is 9.59 Å². The molecule has 3 rings (SSSR count). The van der Waals surface area contributed by atoms with E-state index in [1.54, 1.807) is 6.92 Å². The molecule has 0 spiro atoms. The topological polar surface area (TPSA) is 146 Å². The Labute approximate surface area is 187 Å². The largest absolute Gasteiger partial charge is 0.380 e. The average molecular weight is 444 g/mol. The molecule has 32 heavy (non-hydrogen) atoms. The molecule has 1 aromatic rings. The minimum atomic E-state index is -1.89. The molecule has 0 saturated carbocycles. The molecule has 0 aromatic heterocycles. The quantitative estimate of drug-likeness (QED) is 0.277. The summed E-state index contributed by atoms with van der Waals surface area (Å²) in [7, 11) is 1.87. The summed E-state index contributed by atoms with van der Waals surface area (Å²) in [5.74, 6) is -1.56. The van der Waals surface area contributed by atoms with E-state index >= 15 is 0 Å². The van der Waals surface area contributed by atoms with Crippen molar-refractivity contribution in [2.45, 2.75) is 31.6 Å². The van der Waals surface area contributed by atoms with Gasteiger partial charge in [-0.25, -0.2) is 5.43 Å². The second-order valence-electron chi connectivity index (χ2n) is 7.82. The number of nitrogens with zero attached hydrogens (tertiary/aromatic N) is 2. The molecule has 0 aliphatic carbocycles. The number of amides is 2. The zero-order valence-electron chi connectivity index (χ0n) is 18.3. The van der Waals surface area contributed by atoms with Crippen LogP contribution in [0.15, 0.2) is 47.8 Å². The van der Waals surface area contributed by atoms with Crippen LogP contribution < -0.4 is 21.1 Å². The fraction of sp³-hybridized carbons (Fsp3) is 0.409. The zero-order valence-corrected chi connectivity index (χ0v) is 18.3. The standard InChI is InChI=1S/C22H30N6O4/c1-14(15-4-6-17(7-5-15)28-10-3-9-25-28)26-21(31)19(29)20(30)22(32)27-11-8-18(24-2)16(12-23)13-27/h3-7,10,12,14,19-20,23-25,29-30H,8-9,11,13H2,1-2H3,(H,26,31)/p+1/t14-,19-,20-/m1/s1. The molecule has 7 N–H and O–H groups in total. The van der Waals surface area contributed by atoms with Crippen LogP contribution in [0.1, 0.15) is 24.9 Å². The smallest absolute Gasteiger partial charge is 0.255 e. The maximum Gasteiger partial charge on any atom is 0.255 e. The first kappa shape index (κ1) is 23.6. The summed E-state index contributed by atoms with van der Waals surface area (Å²) in [4.78, 5) is 26.5. The molecule has 2 heterocycles. The zero-order chi connectivity index (χ0) is 23.3. The number of nitrogens with two attached hydrogens (primary N) is 1. The second-order valence-corrected chi connectivity index (χ2v) is 7.82. The third kappa shape index (κ3) is 5.22. The summed E-state index contributed by atoms with van der Waals surface area (Å²) in [5.41, 5.74) is 6.59. The van der Waals surface area contributed by atoms with Crippen molar-refractivity contribution in [3.8, 4) is 0 Å². The SMILES string of the molecule is C[NH2+]C1=C(C=N)CN(C(=O)[C@H](O)[C@@H](O)C(=O)N[C@H](C)c2ccc(N3C=CCN3)cc2)CC1. The third-order valence-corrected chi connectivity index (χ3v) is 5.74. The lowest BCUT2D eigenvalue weighted by Gasteiger charge is -2.30. The first-order chi connectivity index (χ1) is 15.3. The van der Waals surface area contributed by atoms with Crippen LogP contribution in [-0.4, -0.2) is 72.0 Å². The summed E-state index contributed by atoms with van der Waals surface area (Å²) in [6, 6.07) is 7.11. The van der Waals surface area contributed by atoms with Gasteiger partial charge in [0.05, 0.1) is 25.3 Å². The average Bonchev–Trinajstić information content (AvgIpc) is 3.37. The first-order valence-corrected chi connectivity index (χ1v) is 10.6. The van der Waals surface area contributed by atoms with Crippen molar-refractivity contribution in [3.05, 3.63) is 53.4 Å². The van der Waals surface area contributed by atoms with Crippen LogP contribution >= 0.6 is 0 Å². The van der Waals surface area contributed by atoms with Crippen LogP contribution in [0.2, 0.25) is 0 Å². The summed E-state index contributed by atoms with van der Waals surface area (Å²) < 4.78 is 0. The van der Waals surface area contributed by atoms with Gasteiger partial charge in [-0.05, 0) is 24.6 Å². The van der Waals surface area contributed by atoms with Gasteiger partial charge in [0.2, 0.25) is 0 Å². The normalized spacial score (nSPS) is 19.0. The molecule has 0 unspecified atom stereocenters. The maximum atomic E-state index is 12.6. The molecule has 2 aliphatic rings. The van der Waals surface area contributed by atoms with Gasteiger partial charge in [-0.1, -0.05) is 18.2 Å². The number of aliphatic hydroxyl groups excluding tert-OH is 2. The fourth-order valence-corrected chi connectivity index (χ4v) is 3.77. The number of hydrogen-bond acceptors (Lipinski definition) is 7. The van der Waals surface area contributed by atoms with E-state index in [1.807, 2.05) is 53.9 Å². The van der Waals surface area contributed by atoms with Crippen molar-refractivity contribution in [1.82, 2.24) is 15.6 Å². The van der Waals surface area contributed by atoms with Crippen LogP contribution in [0.25, 0.3) is 0 Å². The molecule has 0 radical (unpaired) electrons. The highest BCUT2D eigenvalue weighted by Gasteiger charge is 2.35. The van der Waals surface area contributed by atoms with Crippen molar-refractivity contribution in [1.29, 1.82) is 5.41 Å². The van der Waals surface area contributed by atoms with Crippen molar-refractivity contribution < 1.29 is 25.1 Å². The highest BCUT2D eigenvalue weighted by Crippen LogP contribution is 2.20. The lowest BCUT2D eigenvalue weighted by molar-refractivity contribution is -0.579. The number of hydrogen-bond donors (Lipinski definition) is 6. The Kier molecular flexibility index (Phi) is 7.75. The number of aliphatic hydroxyl groups is 2. The van der Waals surface area contributed by atoms with Gasteiger partial charge in [-0.3, -0.25) is 14.6 Å². The van der Waals surface area contributed by atoms with Crippen molar-refractivity contribution in [2.24, 2.45) is 0 Å². The maximum absolute atomic E-state index is 12.6.